The van der Waals surface area contributed by atoms with Crippen molar-refractivity contribution < 1.29 is 19.2 Å². The van der Waals surface area contributed by atoms with Crippen LogP contribution in [0.3, 0.4) is 0 Å². The second kappa shape index (κ2) is 8.62. The van der Waals surface area contributed by atoms with Gasteiger partial charge >= 0.3 is 0 Å². The molecular weight excluding hydrogens is 346 g/mol. The predicted molar refractivity (Wildman–Crippen MR) is 92.3 cm³/mol. The molecule has 7 nitrogen and oxygen atoms in total. The number of amides is 3. The molecule has 1 fully saturated rings. The quantitative estimate of drug-likeness (QED) is 0.725. The number of aldehydes is 1. The molecule has 0 unspecified atom stereocenters. The van der Waals surface area contributed by atoms with E-state index in [1.165, 1.54) is 4.90 Å². The molecule has 1 saturated heterocycles. The lowest BCUT2D eigenvalue weighted by Crippen LogP contribution is -2.49. The first-order valence-electron chi connectivity index (χ1n) is 7.99. The van der Waals surface area contributed by atoms with Crippen LogP contribution >= 0.6 is 11.6 Å². The Morgan fingerprint density at radius 1 is 1.32 bits per heavy atom. The molecule has 1 aromatic rings. The maximum Gasteiger partial charge on any atom is 0.252 e. The van der Waals surface area contributed by atoms with Gasteiger partial charge in [-0.3, -0.25) is 14.4 Å². The number of hydrogen-bond acceptors (Lipinski definition) is 4. The molecule has 1 aliphatic rings. The van der Waals surface area contributed by atoms with E-state index in [0.717, 1.165) is 0 Å². The van der Waals surface area contributed by atoms with Crippen molar-refractivity contribution in [3.63, 3.8) is 0 Å². The summed E-state index contributed by atoms with van der Waals surface area (Å²) in [4.78, 5) is 48.4. The highest BCUT2D eigenvalue weighted by molar-refractivity contribution is 6.31. The monoisotopic (exact) mass is 365 g/mol. The van der Waals surface area contributed by atoms with Crippen LogP contribution in [0.5, 0.6) is 0 Å². The molecule has 8 heteroatoms. The van der Waals surface area contributed by atoms with Gasteiger partial charge in [0.05, 0.1) is 13.1 Å². The highest BCUT2D eigenvalue weighted by atomic mass is 35.5. The molecule has 1 heterocycles. The maximum atomic E-state index is 12.4. The summed E-state index contributed by atoms with van der Waals surface area (Å²) in [5.41, 5.74) is 1.04. The third-order valence-corrected chi connectivity index (χ3v) is 4.56. The van der Waals surface area contributed by atoms with E-state index in [4.69, 9.17) is 11.6 Å². The van der Waals surface area contributed by atoms with Gasteiger partial charge in [0, 0.05) is 17.1 Å². The number of carbonyl (C=O) groups excluding carboxylic acids is 4. The van der Waals surface area contributed by atoms with Crippen LogP contribution in [0.1, 0.15) is 28.8 Å². The molecule has 1 aliphatic heterocycles. The zero-order valence-electron chi connectivity index (χ0n) is 13.9. The number of hydrogen-bond donors (Lipinski definition) is 2. The van der Waals surface area contributed by atoms with Gasteiger partial charge in [-0.2, -0.15) is 0 Å². The van der Waals surface area contributed by atoms with Crippen LogP contribution in [0.25, 0.3) is 0 Å². The zero-order chi connectivity index (χ0) is 18.4. The van der Waals surface area contributed by atoms with Crippen molar-refractivity contribution in [2.45, 2.75) is 25.8 Å². The molecule has 1 aromatic carbocycles. The van der Waals surface area contributed by atoms with Gasteiger partial charge in [-0.05, 0) is 37.5 Å². The van der Waals surface area contributed by atoms with Gasteiger partial charge in [0.1, 0.15) is 12.3 Å². The minimum absolute atomic E-state index is 0.0812. The lowest BCUT2D eigenvalue weighted by atomic mass is 10.1. The Labute approximate surface area is 150 Å². The molecule has 0 spiro atoms. The van der Waals surface area contributed by atoms with Crippen LogP contribution in [0.4, 0.5) is 0 Å². The molecule has 25 heavy (non-hydrogen) atoms. The summed E-state index contributed by atoms with van der Waals surface area (Å²) in [6.45, 7) is 1.89. The van der Waals surface area contributed by atoms with Crippen molar-refractivity contribution in [1.82, 2.24) is 15.5 Å². The van der Waals surface area contributed by atoms with Crippen molar-refractivity contribution >= 4 is 35.6 Å². The number of carbonyl (C=O) groups is 4. The van der Waals surface area contributed by atoms with Crippen LogP contribution in [-0.4, -0.2) is 54.6 Å². The Balaban J connectivity index is 1.95. The first kappa shape index (κ1) is 18.9. The molecule has 0 aliphatic carbocycles. The van der Waals surface area contributed by atoms with E-state index in [1.807, 2.05) is 0 Å². The normalized spacial score (nSPS) is 16.4. The van der Waals surface area contributed by atoms with Gasteiger partial charge in [-0.25, -0.2) is 0 Å². The van der Waals surface area contributed by atoms with Gasteiger partial charge in [-0.15, -0.1) is 0 Å². The van der Waals surface area contributed by atoms with Crippen LogP contribution in [-0.2, 0) is 14.4 Å². The summed E-state index contributed by atoms with van der Waals surface area (Å²) >= 11 is 6.00. The highest BCUT2D eigenvalue weighted by Crippen LogP contribution is 2.19. The van der Waals surface area contributed by atoms with Crippen LogP contribution in [0, 0.1) is 6.92 Å². The Morgan fingerprint density at radius 3 is 2.80 bits per heavy atom. The Kier molecular flexibility index (Phi) is 6.52. The van der Waals surface area contributed by atoms with Crippen LogP contribution in [0.15, 0.2) is 18.2 Å². The van der Waals surface area contributed by atoms with E-state index in [2.05, 4.69) is 10.6 Å². The fraction of sp³-hybridized carbons (Fsp3) is 0.412. The molecule has 2 N–H and O–H groups in total. The van der Waals surface area contributed by atoms with E-state index in [1.54, 1.807) is 25.1 Å². The molecular formula is C17H20ClN3O4. The number of rotatable bonds is 6. The maximum absolute atomic E-state index is 12.4. The van der Waals surface area contributed by atoms with Gasteiger partial charge in [0.15, 0.2) is 0 Å². The average Bonchev–Trinajstić information content (AvgIpc) is 3.09. The van der Waals surface area contributed by atoms with Crippen molar-refractivity contribution in [1.29, 1.82) is 0 Å². The molecule has 0 radical (unpaired) electrons. The van der Waals surface area contributed by atoms with Gasteiger partial charge in [0.2, 0.25) is 11.8 Å². The van der Waals surface area contributed by atoms with E-state index in [0.29, 0.717) is 41.8 Å². The van der Waals surface area contributed by atoms with E-state index in [-0.39, 0.29) is 24.9 Å². The second-order valence-corrected chi connectivity index (χ2v) is 6.16. The van der Waals surface area contributed by atoms with Gasteiger partial charge < -0.3 is 20.3 Å². The number of halogens is 1. The molecule has 134 valence electrons. The van der Waals surface area contributed by atoms with E-state index >= 15 is 0 Å². The summed E-state index contributed by atoms with van der Waals surface area (Å²) in [6, 6.07) is 4.38. The average molecular weight is 366 g/mol. The number of benzene rings is 1. The SMILES string of the molecule is Cc1c(Cl)cccc1C(=O)NCC(=O)N1CCC[C@H]1C(=O)NCC=O. The summed E-state index contributed by atoms with van der Waals surface area (Å²) in [5.74, 6) is -1.08. The smallest absolute Gasteiger partial charge is 0.252 e. The lowest BCUT2D eigenvalue weighted by Gasteiger charge is -2.23. The molecule has 1 atom stereocenters. The van der Waals surface area contributed by atoms with E-state index < -0.39 is 11.9 Å². The van der Waals surface area contributed by atoms with Crippen LogP contribution in [0.2, 0.25) is 5.02 Å². The fourth-order valence-corrected chi connectivity index (χ4v) is 2.98. The lowest BCUT2D eigenvalue weighted by molar-refractivity contribution is -0.137. The number of nitrogens with zero attached hydrogens (tertiary/aromatic N) is 1. The predicted octanol–water partition coefficient (Wildman–Crippen LogP) is 0.684. The molecule has 0 saturated carbocycles. The standard InChI is InChI=1S/C17H20ClN3O4/c1-11-12(4-2-5-13(11)18)16(24)20-10-15(23)21-8-3-6-14(21)17(25)19-7-9-22/h2,4-5,9,14H,3,6-8,10H2,1H3,(H,19,25)(H,20,24)/t14-/m0/s1. The van der Waals surface area contributed by atoms with E-state index in [9.17, 15) is 19.2 Å². The van der Waals surface area contributed by atoms with Gasteiger partial charge in [-0.1, -0.05) is 17.7 Å². The first-order chi connectivity index (χ1) is 12.0. The van der Waals surface area contributed by atoms with Crippen LogP contribution < -0.4 is 10.6 Å². The molecule has 3 amide bonds. The Bertz CT molecular complexity index is 692. The topological polar surface area (TPSA) is 95.6 Å². The Hall–Kier alpha value is -2.41. The van der Waals surface area contributed by atoms with Crippen molar-refractivity contribution in [3.05, 3.63) is 34.3 Å². The molecule has 0 aromatic heterocycles. The molecule has 2 rings (SSSR count). The summed E-state index contributed by atoms with van der Waals surface area (Å²) in [5, 5.41) is 5.51. The highest BCUT2D eigenvalue weighted by Gasteiger charge is 2.33. The Morgan fingerprint density at radius 2 is 2.08 bits per heavy atom. The minimum Gasteiger partial charge on any atom is -0.348 e. The third-order valence-electron chi connectivity index (χ3n) is 4.15. The fourth-order valence-electron chi connectivity index (χ4n) is 2.80. The summed E-state index contributed by atoms with van der Waals surface area (Å²) in [6.07, 6.45) is 1.83. The number of nitrogens with one attached hydrogen (secondary N) is 2. The van der Waals surface area contributed by atoms with Gasteiger partial charge in [0.25, 0.3) is 5.91 Å². The minimum atomic E-state index is -0.600. The first-order valence-corrected chi connectivity index (χ1v) is 8.37. The van der Waals surface area contributed by atoms with Crippen molar-refractivity contribution in [2.24, 2.45) is 0 Å². The largest absolute Gasteiger partial charge is 0.348 e. The second-order valence-electron chi connectivity index (χ2n) is 5.75. The zero-order valence-corrected chi connectivity index (χ0v) is 14.6. The van der Waals surface area contributed by atoms with Crippen molar-refractivity contribution in [3.8, 4) is 0 Å². The van der Waals surface area contributed by atoms with Crippen molar-refractivity contribution in [2.75, 3.05) is 19.6 Å². The third kappa shape index (κ3) is 4.57. The summed E-state index contributed by atoms with van der Waals surface area (Å²) < 4.78 is 0. The number of likely N-dealkylation sites (tertiary alicyclic amines) is 1. The summed E-state index contributed by atoms with van der Waals surface area (Å²) in [7, 11) is 0. The molecule has 0 bridgehead atoms.